The summed E-state index contributed by atoms with van der Waals surface area (Å²) in [5.74, 6) is 0. The Labute approximate surface area is 255 Å². The van der Waals surface area contributed by atoms with Crippen LogP contribution in [0.1, 0.15) is 5.56 Å². The van der Waals surface area contributed by atoms with E-state index < -0.39 is 0 Å². The minimum absolute atomic E-state index is 0.489. The van der Waals surface area contributed by atoms with E-state index in [1.807, 2.05) is 65.2 Å². The van der Waals surface area contributed by atoms with Crippen LogP contribution in [0.15, 0.2) is 138 Å². The van der Waals surface area contributed by atoms with E-state index >= 15 is 0 Å². The average Bonchev–Trinajstić information content (AvgIpc) is 3.73. The first-order chi connectivity index (χ1) is 21.3. The third-order valence-corrected chi connectivity index (χ3v) is 10.9. The first-order valence-corrected chi connectivity index (χ1v) is 16.0. The quantitative estimate of drug-likeness (QED) is 0.220. The first-order valence-electron chi connectivity index (χ1n) is 14.4. The molecule has 0 radical (unpaired) electrons. The van der Waals surface area contributed by atoms with E-state index in [-0.39, 0.29) is 0 Å². The van der Waals surface area contributed by atoms with E-state index in [1.54, 1.807) is 0 Å². The van der Waals surface area contributed by atoms with Crippen molar-refractivity contribution < 1.29 is 0 Å². The average molecular weight is 588 g/mol. The van der Waals surface area contributed by atoms with Gasteiger partial charge in [0.25, 0.3) is 0 Å². The molecule has 3 heterocycles. The van der Waals surface area contributed by atoms with Crippen molar-refractivity contribution in [2.75, 3.05) is 0 Å². The molecule has 43 heavy (non-hydrogen) atoms. The summed E-state index contributed by atoms with van der Waals surface area (Å²) in [4.78, 5) is 5.25. The van der Waals surface area contributed by atoms with Gasteiger partial charge in [-0.3, -0.25) is 4.99 Å². The number of thiophene rings is 2. The second kappa shape index (κ2) is 9.53. The van der Waals surface area contributed by atoms with Crippen molar-refractivity contribution in [3.63, 3.8) is 0 Å². The van der Waals surface area contributed by atoms with Crippen molar-refractivity contribution >= 4 is 96.2 Å². The van der Waals surface area contributed by atoms with Gasteiger partial charge < -0.3 is 10.3 Å². The van der Waals surface area contributed by atoms with Crippen LogP contribution in [0.25, 0.3) is 67.8 Å². The van der Waals surface area contributed by atoms with Crippen LogP contribution in [0.3, 0.4) is 0 Å². The molecule has 204 valence electrons. The van der Waals surface area contributed by atoms with Crippen molar-refractivity contribution in [3.05, 3.63) is 139 Å². The van der Waals surface area contributed by atoms with Gasteiger partial charge in [0.2, 0.25) is 0 Å². The molecule has 0 fully saturated rings. The topological polar surface area (TPSA) is 43.3 Å². The fourth-order valence-corrected chi connectivity index (χ4v) is 9.14. The predicted molar refractivity (Wildman–Crippen MR) is 188 cm³/mol. The molecule has 5 aromatic carbocycles. The third kappa shape index (κ3) is 3.62. The van der Waals surface area contributed by atoms with Gasteiger partial charge in [-0.1, -0.05) is 103 Å². The first kappa shape index (κ1) is 24.6. The lowest BCUT2D eigenvalue weighted by Crippen LogP contribution is -2.10. The lowest BCUT2D eigenvalue weighted by Gasteiger charge is -2.13. The molecular weight excluding hydrogens is 563 g/mol. The second-order valence-electron chi connectivity index (χ2n) is 10.9. The maximum Gasteiger partial charge on any atom is 0.115 e. The highest BCUT2D eigenvalue weighted by molar-refractivity contribution is 7.29. The van der Waals surface area contributed by atoms with Gasteiger partial charge in [0.05, 0.1) is 21.4 Å². The number of hydrogen-bond acceptors (Lipinski definition) is 4. The SMILES string of the molecule is N/C(=C1/C=CC=C/C1=N/Cn1c2ccccc2c2c3sc4ccccc4c3c3c4ccccc4sc3c21)c1ccccc1. The molecule has 8 aromatic rings. The van der Waals surface area contributed by atoms with Crippen molar-refractivity contribution in [3.8, 4) is 0 Å². The summed E-state index contributed by atoms with van der Waals surface area (Å²) >= 11 is 3.80. The van der Waals surface area contributed by atoms with Crippen molar-refractivity contribution in [1.82, 2.24) is 4.57 Å². The number of aromatic nitrogens is 1. The lowest BCUT2D eigenvalue weighted by molar-refractivity contribution is 0.796. The summed E-state index contributed by atoms with van der Waals surface area (Å²) in [7, 11) is 0. The molecule has 5 heteroatoms. The minimum atomic E-state index is 0.489. The van der Waals surface area contributed by atoms with Crippen LogP contribution in [-0.4, -0.2) is 10.3 Å². The van der Waals surface area contributed by atoms with Crippen molar-refractivity contribution in [1.29, 1.82) is 0 Å². The lowest BCUT2D eigenvalue weighted by atomic mass is 9.99. The standard InChI is InChI=1S/C38H25N3S2/c39-35(23-12-2-1-3-13-23)24-14-4-8-18-28(24)40-22-41-29-19-9-5-15-25(29)34-36(41)38-33(27-17-7-11-21-31(27)43-38)32-26-16-6-10-20-30(26)42-37(32)34/h1-21H,22,39H2/b35-24-,40-28-. The van der Waals surface area contributed by atoms with Gasteiger partial charge in [-0.2, -0.15) is 0 Å². The van der Waals surface area contributed by atoms with E-state index in [1.165, 1.54) is 62.2 Å². The summed E-state index contributed by atoms with van der Waals surface area (Å²) in [6.07, 6.45) is 8.21. The molecule has 0 saturated carbocycles. The molecule has 0 spiro atoms. The second-order valence-corrected chi connectivity index (χ2v) is 13.0. The molecule has 0 atom stereocenters. The van der Waals surface area contributed by atoms with Gasteiger partial charge in [-0.05, 0) is 29.8 Å². The Hall–Kier alpha value is -4.97. The van der Waals surface area contributed by atoms with Gasteiger partial charge in [-0.25, -0.2) is 0 Å². The molecule has 3 nitrogen and oxygen atoms in total. The van der Waals surface area contributed by atoms with Gasteiger partial charge in [0, 0.05) is 57.7 Å². The smallest absolute Gasteiger partial charge is 0.115 e. The number of allylic oxidation sites excluding steroid dienone is 5. The van der Waals surface area contributed by atoms with E-state index in [9.17, 15) is 0 Å². The monoisotopic (exact) mass is 587 g/mol. The molecule has 1 aliphatic carbocycles. The maximum atomic E-state index is 6.72. The number of hydrogen-bond donors (Lipinski definition) is 1. The molecule has 3 aromatic heterocycles. The molecule has 9 rings (SSSR count). The van der Waals surface area contributed by atoms with Gasteiger partial charge in [0.1, 0.15) is 6.67 Å². The van der Waals surface area contributed by atoms with Gasteiger partial charge in [-0.15, -0.1) is 22.7 Å². The molecular formula is C38H25N3S2. The Morgan fingerprint density at radius 3 is 2.00 bits per heavy atom. The van der Waals surface area contributed by atoms with Crippen LogP contribution in [0.2, 0.25) is 0 Å². The maximum absolute atomic E-state index is 6.72. The van der Waals surface area contributed by atoms with Crippen molar-refractivity contribution in [2.24, 2.45) is 10.7 Å². The largest absolute Gasteiger partial charge is 0.398 e. The number of benzene rings is 5. The van der Waals surface area contributed by atoms with E-state index in [4.69, 9.17) is 10.7 Å². The summed E-state index contributed by atoms with van der Waals surface area (Å²) in [6.45, 7) is 0.489. The summed E-state index contributed by atoms with van der Waals surface area (Å²) in [5, 5.41) is 7.97. The Kier molecular flexibility index (Phi) is 5.45. The molecule has 2 N–H and O–H groups in total. The molecule has 0 aliphatic heterocycles. The molecule has 0 amide bonds. The zero-order valence-electron chi connectivity index (χ0n) is 23.1. The summed E-state index contributed by atoms with van der Waals surface area (Å²) in [6, 6.07) is 36.6. The van der Waals surface area contributed by atoms with Crippen LogP contribution in [0.5, 0.6) is 0 Å². The van der Waals surface area contributed by atoms with E-state index in [2.05, 4.69) is 89.5 Å². The van der Waals surface area contributed by atoms with E-state index in [0.29, 0.717) is 6.67 Å². The van der Waals surface area contributed by atoms with Crippen molar-refractivity contribution in [2.45, 2.75) is 6.67 Å². The number of rotatable bonds is 3. The highest BCUT2D eigenvalue weighted by Gasteiger charge is 2.23. The Bertz CT molecular complexity index is 2540. The number of para-hydroxylation sites is 1. The highest BCUT2D eigenvalue weighted by Crippen LogP contribution is 2.51. The van der Waals surface area contributed by atoms with Crippen LogP contribution in [0, 0.1) is 0 Å². The zero-order chi connectivity index (χ0) is 28.5. The predicted octanol–water partition coefficient (Wildman–Crippen LogP) is 10.4. The number of nitrogens with zero attached hydrogens (tertiary/aromatic N) is 2. The van der Waals surface area contributed by atoms with Gasteiger partial charge in [0.15, 0.2) is 0 Å². The fraction of sp³-hybridized carbons (Fsp3) is 0.0263. The Morgan fingerprint density at radius 2 is 1.23 bits per heavy atom. The number of nitrogens with two attached hydrogens (primary N) is 1. The molecule has 0 bridgehead atoms. The number of fused-ring (bicyclic) bond motifs is 12. The van der Waals surface area contributed by atoms with Crippen LogP contribution in [0.4, 0.5) is 0 Å². The molecule has 1 aliphatic rings. The summed E-state index contributed by atoms with van der Waals surface area (Å²) in [5.41, 5.74) is 12.8. The minimum Gasteiger partial charge on any atom is -0.398 e. The van der Waals surface area contributed by atoms with Crippen LogP contribution in [-0.2, 0) is 6.67 Å². The van der Waals surface area contributed by atoms with Crippen LogP contribution < -0.4 is 5.73 Å². The normalized spacial score (nSPS) is 15.8. The third-order valence-electron chi connectivity index (χ3n) is 8.52. The van der Waals surface area contributed by atoms with E-state index in [0.717, 1.165) is 22.5 Å². The molecule has 0 unspecified atom stereocenters. The highest BCUT2D eigenvalue weighted by atomic mass is 32.1. The number of aliphatic imine (C=N–C) groups is 1. The Balaban J connectivity index is 1.37. The van der Waals surface area contributed by atoms with Gasteiger partial charge >= 0.3 is 0 Å². The summed E-state index contributed by atoms with van der Waals surface area (Å²) < 4.78 is 7.73. The molecule has 0 saturated heterocycles. The Morgan fingerprint density at radius 1 is 0.628 bits per heavy atom. The van der Waals surface area contributed by atoms with Crippen LogP contribution >= 0.6 is 22.7 Å². The zero-order valence-corrected chi connectivity index (χ0v) is 24.8. The fourth-order valence-electron chi connectivity index (χ4n) is 6.61.